The fraction of sp³-hybridized carbons (Fsp3) is 0.200. The second-order valence-electron chi connectivity index (χ2n) is 3.23. The molecule has 1 nitrogen and oxygen atoms in total. The van der Waals surface area contributed by atoms with Gasteiger partial charge in [-0.1, -0.05) is 29.8 Å². The van der Waals surface area contributed by atoms with Gasteiger partial charge in [0.15, 0.2) is 0 Å². The Morgan fingerprint density at radius 2 is 2.00 bits per heavy atom. The lowest BCUT2D eigenvalue weighted by molar-refractivity contribution is 0.0878. The molecule has 2 aliphatic rings. The first-order valence-corrected chi connectivity index (χ1v) is 4.47. The number of halogens is 2. The molecular formula is C10H6ClFO. The Balaban J connectivity index is 2.30. The van der Waals surface area contributed by atoms with Crippen LogP contribution in [0.15, 0.2) is 24.3 Å². The molecular weight excluding hydrogens is 191 g/mol. The summed E-state index contributed by atoms with van der Waals surface area (Å²) < 4.78 is 18.6. The molecule has 2 unspecified atom stereocenters. The number of ether oxygens (including phenoxy) is 1. The van der Waals surface area contributed by atoms with Crippen LogP contribution in [0.5, 0.6) is 0 Å². The van der Waals surface area contributed by atoms with E-state index >= 15 is 0 Å². The van der Waals surface area contributed by atoms with Crippen molar-refractivity contribution in [2.45, 2.75) is 12.2 Å². The molecule has 0 radical (unpaired) electrons. The summed E-state index contributed by atoms with van der Waals surface area (Å²) in [5.74, 6) is -0.370. The molecule has 1 aromatic carbocycles. The van der Waals surface area contributed by atoms with Gasteiger partial charge in [-0.3, -0.25) is 0 Å². The van der Waals surface area contributed by atoms with Crippen molar-refractivity contribution in [2.24, 2.45) is 0 Å². The van der Waals surface area contributed by atoms with Crippen LogP contribution in [0.4, 0.5) is 4.39 Å². The summed E-state index contributed by atoms with van der Waals surface area (Å²) in [5.41, 5.74) is 1.80. The maximum Gasteiger partial charge on any atom is 0.142 e. The highest BCUT2D eigenvalue weighted by Gasteiger charge is 2.36. The normalized spacial score (nSPS) is 28.2. The first kappa shape index (κ1) is 7.54. The van der Waals surface area contributed by atoms with Crippen molar-refractivity contribution < 1.29 is 9.13 Å². The van der Waals surface area contributed by atoms with E-state index in [-0.39, 0.29) is 23.0 Å². The number of benzene rings is 1. The van der Waals surface area contributed by atoms with Crippen molar-refractivity contribution in [1.82, 2.24) is 0 Å². The number of hydrogen-bond acceptors (Lipinski definition) is 1. The lowest BCUT2D eigenvalue weighted by Crippen LogP contribution is -1.95. The monoisotopic (exact) mass is 196 g/mol. The standard InChI is InChI=1S/C10H6ClFO/c11-10-6(12)2-1-5-7-3-4-8(13-7)9(5)10/h1-4,7-8H. The Bertz CT molecular complexity index is 414. The van der Waals surface area contributed by atoms with E-state index in [2.05, 4.69) is 0 Å². The Morgan fingerprint density at radius 3 is 2.85 bits per heavy atom. The van der Waals surface area contributed by atoms with Crippen LogP contribution in [0.3, 0.4) is 0 Å². The van der Waals surface area contributed by atoms with E-state index in [4.69, 9.17) is 16.3 Å². The van der Waals surface area contributed by atoms with Gasteiger partial charge in [0.1, 0.15) is 18.0 Å². The molecule has 0 saturated carbocycles. The van der Waals surface area contributed by atoms with Crippen molar-refractivity contribution in [3.8, 4) is 0 Å². The van der Waals surface area contributed by atoms with E-state index in [9.17, 15) is 4.39 Å². The van der Waals surface area contributed by atoms with Crippen molar-refractivity contribution in [3.63, 3.8) is 0 Å². The molecule has 2 heterocycles. The molecule has 0 aliphatic carbocycles. The van der Waals surface area contributed by atoms with Crippen LogP contribution in [-0.4, -0.2) is 0 Å². The molecule has 66 valence electrons. The van der Waals surface area contributed by atoms with Crippen LogP contribution in [-0.2, 0) is 4.74 Å². The average Bonchev–Trinajstić information content (AvgIpc) is 2.70. The topological polar surface area (TPSA) is 9.23 Å². The smallest absolute Gasteiger partial charge is 0.142 e. The summed E-state index contributed by atoms with van der Waals surface area (Å²) in [7, 11) is 0. The third-order valence-electron chi connectivity index (χ3n) is 2.51. The van der Waals surface area contributed by atoms with E-state index in [0.29, 0.717) is 0 Å². The van der Waals surface area contributed by atoms with E-state index in [1.165, 1.54) is 6.07 Å². The van der Waals surface area contributed by atoms with Crippen LogP contribution in [0.25, 0.3) is 0 Å². The van der Waals surface area contributed by atoms with E-state index in [1.807, 2.05) is 12.2 Å². The largest absolute Gasteiger partial charge is 0.357 e. The van der Waals surface area contributed by atoms with Crippen molar-refractivity contribution in [3.05, 3.63) is 46.3 Å². The quantitative estimate of drug-likeness (QED) is 0.580. The van der Waals surface area contributed by atoms with Gasteiger partial charge in [-0.25, -0.2) is 4.39 Å². The minimum absolute atomic E-state index is 0.0156. The van der Waals surface area contributed by atoms with Crippen LogP contribution in [0.2, 0.25) is 5.02 Å². The molecule has 0 aromatic heterocycles. The lowest BCUT2D eigenvalue weighted by Gasteiger charge is -2.08. The molecule has 0 N–H and O–H groups in total. The summed E-state index contributed by atoms with van der Waals surface area (Å²) in [6.45, 7) is 0. The van der Waals surface area contributed by atoms with Gasteiger partial charge in [0, 0.05) is 5.56 Å². The van der Waals surface area contributed by atoms with Crippen molar-refractivity contribution in [1.29, 1.82) is 0 Å². The molecule has 0 saturated heterocycles. The zero-order valence-corrected chi connectivity index (χ0v) is 7.38. The highest BCUT2D eigenvalue weighted by Crippen LogP contribution is 2.48. The van der Waals surface area contributed by atoms with Gasteiger partial charge < -0.3 is 4.74 Å². The molecule has 0 fully saturated rings. The molecule has 2 aliphatic heterocycles. The predicted molar refractivity (Wildman–Crippen MR) is 47.1 cm³/mol. The predicted octanol–water partition coefficient (Wildman–Crippen LogP) is 3.16. The van der Waals surface area contributed by atoms with Crippen LogP contribution >= 0.6 is 11.6 Å². The lowest BCUT2D eigenvalue weighted by atomic mass is 9.97. The average molecular weight is 197 g/mol. The third kappa shape index (κ3) is 0.847. The van der Waals surface area contributed by atoms with Gasteiger partial charge in [0.2, 0.25) is 0 Å². The summed E-state index contributed by atoms with van der Waals surface area (Å²) >= 11 is 5.84. The van der Waals surface area contributed by atoms with Gasteiger partial charge >= 0.3 is 0 Å². The molecule has 1 aromatic rings. The van der Waals surface area contributed by atoms with Crippen molar-refractivity contribution in [2.75, 3.05) is 0 Å². The second kappa shape index (κ2) is 2.34. The first-order chi connectivity index (χ1) is 6.27. The van der Waals surface area contributed by atoms with Crippen LogP contribution in [0.1, 0.15) is 23.3 Å². The molecule has 2 atom stereocenters. The molecule has 3 heteroatoms. The molecule has 2 bridgehead atoms. The zero-order valence-electron chi connectivity index (χ0n) is 6.63. The third-order valence-corrected chi connectivity index (χ3v) is 2.90. The zero-order chi connectivity index (χ0) is 9.00. The highest BCUT2D eigenvalue weighted by molar-refractivity contribution is 6.31. The maximum absolute atomic E-state index is 13.1. The fourth-order valence-corrected chi connectivity index (χ4v) is 2.19. The minimum atomic E-state index is -0.370. The van der Waals surface area contributed by atoms with Gasteiger partial charge in [-0.05, 0) is 11.6 Å². The molecule has 3 rings (SSSR count). The molecule has 0 spiro atoms. The minimum Gasteiger partial charge on any atom is -0.357 e. The SMILES string of the molecule is Fc1ccc2c(c1Cl)C1C=CC2O1. The summed E-state index contributed by atoms with van der Waals surface area (Å²) in [5, 5.41) is 0.203. The van der Waals surface area contributed by atoms with Gasteiger partial charge in [-0.15, -0.1) is 0 Å². The Morgan fingerprint density at radius 1 is 1.23 bits per heavy atom. The number of fused-ring (bicyclic) bond motifs is 5. The summed E-state index contributed by atoms with van der Waals surface area (Å²) in [6.07, 6.45) is 3.74. The van der Waals surface area contributed by atoms with Crippen molar-refractivity contribution >= 4 is 11.6 Å². The first-order valence-electron chi connectivity index (χ1n) is 4.09. The van der Waals surface area contributed by atoms with E-state index in [0.717, 1.165) is 11.1 Å². The summed E-state index contributed by atoms with van der Waals surface area (Å²) in [4.78, 5) is 0. The molecule has 0 amide bonds. The van der Waals surface area contributed by atoms with Gasteiger partial charge in [-0.2, -0.15) is 0 Å². The van der Waals surface area contributed by atoms with Crippen LogP contribution in [0, 0.1) is 5.82 Å². The molecule has 13 heavy (non-hydrogen) atoms. The number of hydrogen-bond donors (Lipinski definition) is 0. The Hall–Kier alpha value is -0.860. The fourth-order valence-electron chi connectivity index (χ4n) is 1.91. The summed E-state index contributed by atoms with van der Waals surface area (Å²) in [6, 6.07) is 3.13. The Labute approximate surface area is 79.8 Å². The maximum atomic E-state index is 13.1. The van der Waals surface area contributed by atoms with Gasteiger partial charge in [0.05, 0.1) is 5.02 Å². The van der Waals surface area contributed by atoms with E-state index in [1.54, 1.807) is 6.07 Å². The van der Waals surface area contributed by atoms with E-state index < -0.39 is 0 Å². The second-order valence-corrected chi connectivity index (χ2v) is 3.60. The van der Waals surface area contributed by atoms with Crippen LogP contribution < -0.4 is 0 Å². The highest BCUT2D eigenvalue weighted by atomic mass is 35.5. The van der Waals surface area contributed by atoms with Gasteiger partial charge in [0.25, 0.3) is 0 Å². The Kier molecular flexibility index (Phi) is 1.35. The number of rotatable bonds is 0.